The Morgan fingerprint density at radius 1 is 1.50 bits per heavy atom. The minimum absolute atomic E-state index is 0.645. The molecule has 1 aliphatic carbocycles. The lowest BCUT2D eigenvalue weighted by molar-refractivity contribution is 0.164. The maximum Gasteiger partial charge on any atom is 0.0986 e. The topological polar surface area (TPSA) is 46.2 Å². The molecule has 0 amide bonds. The third-order valence-corrected chi connectivity index (χ3v) is 1.81. The van der Waals surface area contributed by atoms with Gasteiger partial charge in [-0.05, 0) is 37.6 Å². The molecule has 0 saturated carbocycles. The van der Waals surface area contributed by atoms with E-state index in [-0.39, 0.29) is 0 Å². The maximum atomic E-state index is 9.60. The summed E-state index contributed by atoms with van der Waals surface area (Å²) in [5.41, 5.74) is 5.76. The van der Waals surface area contributed by atoms with Gasteiger partial charge in [-0.2, -0.15) is 0 Å². The molecule has 66 valence electrons. The second-order valence-corrected chi connectivity index (χ2v) is 3.20. The van der Waals surface area contributed by atoms with E-state index in [0.717, 1.165) is 12.0 Å². The molecule has 0 aromatic rings. The molecule has 0 spiro atoms. The van der Waals surface area contributed by atoms with Crippen LogP contribution in [0.2, 0.25) is 0 Å². The summed E-state index contributed by atoms with van der Waals surface area (Å²) in [4.78, 5) is 0. The molecule has 3 N–H and O–H groups in total. The summed E-state index contributed by atoms with van der Waals surface area (Å²) in [5, 5.41) is 9.60. The lowest BCUT2D eigenvalue weighted by Crippen LogP contribution is -2.15. The average molecular weight is 165 g/mol. The summed E-state index contributed by atoms with van der Waals surface area (Å²) >= 11 is 0. The molecule has 2 nitrogen and oxygen atoms in total. The first-order valence-electron chi connectivity index (χ1n) is 4.14. The van der Waals surface area contributed by atoms with Gasteiger partial charge in [0.2, 0.25) is 0 Å². The molecule has 2 heteroatoms. The fourth-order valence-electron chi connectivity index (χ4n) is 1.09. The zero-order chi connectivity index (χ0) is 9.03. The maximum absolute atomic E-state index is 9.60. The molecule has 0 heterocycles. The zero-order valence-electron chi connectivity index (χ0n) is 7.33. The summed E-state index contributed by atoms with van der Waals surface area (Å²) in [6, 6.07) is 0. The van der Waals surface area contributed by atoms with Crippen molar-refractivity contribution in [1.29, 1.82) is 0 Å². The molecule has 1 aliphatic rings. The second kappa shape index (κ2) is 3.70. The Bertz CT molecular complexity index is 236. The van der Waals surface area contributed by atoms with Crippen molar-refractivity contribution in [3.63, 3.8) is 0 Å². The normalized spacial score (nSPS) is 28.4. The first kappa shape index (κ1) is 9.23. The summed E-state index contributed by atoms with van der Waals surface area (Å²) in [7, 11) is 0. The standard InChI is InChI=1S/C10H15NO/c1-10(12)6-2-3-9(4-7-10)5-8-11/h2-4,6-7,12H,5,8,11H2,1H3. The van der Waals surface area contributed by atoms with Crippen LogP contribution in [-0.4, -0.2) is 17.3 Å². The predicted molar refractivity (Wildman–Crippen MR) is 50.7 cm³/mol. The highest BCUT2D eigenvalue weighted by Gasteiger charge is 2.11. The van der Waals surface area contributed by atoms with Crippen LogP contribution in [0.1, 0.15) is 13.3 Å². The summed E-state index contributed by atoms with van der Waals surface area (Å²) in [5.74, 6) is 0. The minimum Gasteiger partial charge on any atom is -0.382 e. The van der Waals surface area contributed by atoms with Crippen LogP contribution in [0.25, 0.3) is 0 Å². The Hall–Kier alpha value is -0.860. The van der Waals surface area contributed by atoms with Crippen LogP contribution in [-0.2, 0) is 0 Å². The molecule has 0 aromatic heterocycles. The van der Waals surface area contributed by atoms with E-state index in [1.165, 1.54) is 0 Å². The molecule has 0 fully saturated rings. The number of rotatable bonds is 2. The van der Waals surface area contributed by atoms with Crippen molar-refractivity contribution in [2.24, 2.45) is 5.73 Å². The average Bonchev–Trinajstić information content (AvgIpc) is 2.14. The van der Waals surface area contributed by atoms with Crippen LogP contribution in [0.5, 0.6) is 0 Å². The molecule has 12 heavy (non-hydrogen) atoms. The van der Waals surface area contributed by atoms with Crippen LogP contribution >= 0.6 is 0 Å². The Labute approximate surface area is 73.1 Å². The van der Waals surface area contributed by atoms with Crippen LogP contribution in [0.15, 0.2) is 36.0 Å². The third-order valence-electron chi connectivity index (χ3n) is 1.81. The molecular formula is C10H15NO. The quantitative estimate of drug-likeness (QED) is 0.644. The fourth-order valence-corrected chi connectivity index (χ4v) is 1.09. The SMILES string of the molecule is CC1(O)C=CC=C(CCN)C=C1. The van der Waals surface area contributed by atoms with Gasteiger partial charge in [-0.1, -0.05) is 18.2 Å². The van der Waals surface area contributed by atoms with Gasteiger partial charge in [0.05, 0.1) is 5.60 Å². The van der Waals surface area contributed by atoms with E-state index < -0.39 is 5.60 Å². The monoisotopic (exact) mass is 165 g/mol. The van der Waals surface area contributed by atoms with E-state index in [9.17, 15) is 5.11 Å². The van der Waals surface area contributed by atoms with Crippen molar-refractivity contribution in [2.75, 3.05) is 6.54 Å². The first-order valence-corrected chi connectivity index (χ1v) is 4.14. The lowest BCUT2D eigenvalue weighted by atomic mass is 10.1. The van der Waals surface area contributed by atoms with Crippen LogP contribution in [0, 0.1) is 0 Å². The Balaban J connectivity index is 2.72. The molecule has 1 atom stereocenters. The van der Waals surface area contributed by atoms with Gasteiger partial charge >= 0.3 is 0 Å². The van der Waals surface area contributed by atoms with E-state index >= 15 is 0 Å². The van der Waals surface area contributed by atoms with Gasteiger partial charge in [-0.15, -0.1) is 0 Å². The van der Waals surface area contributed by atoms with Crippen molar-refractivity contribution in [2.45, 2.75) is 18.9 Å². The van der Waals surface area contributed by atoms with Crippen molar-refractivity contribution < 1.29 is 5.11 Å². The van der Waals surface area contributed by atoms with Crippen molar-refractivity contribution in [3.8, 4) is 0 Å². The molecule has 0 saturated heterocycles. The molecular weight excluding hydrogens is 150 g/mol. The van der Waals surface area contributed by atoms with Gasteiger partial charge in [-0.25, -0.2) is 0 Å². The highest BCUT2D eigenvalue weighted by Crippen LogP contribution is 2.15. The van der Waals surface area contributed by atoms with Crippen LogP contribution in [0.4, 0.5) is 0 Å². The van der Waals surface area contributed by atoms with Gasteiger partial charge < -0.3 is 10.8 Å². The largest absolute Gasteiger partial charge is 0.382 e. The number of aliphatic hydroxyl groups is 1. The number of hydrogen-bond acceptors (Lipinski definition) is 2. The highest BCUT2D eigenvalue weighted by atomic mass is 16.3. The van der Waals surface area contributed by atoms with Gasteiger partial charge in [0, 0.05) is 0 Å². The van der Waals surface area contributed by atoms with E-state index in [4.69, 9.17) is 5.73 Å². The van der Waals surface area contributed by atoms with Crippen molar-refractivity contribution in [3.05, 3.63) is 36.0 Å². The Morgan fingerprint density at radius 3 is 2.92 bits per heavy atom. The molecule has 0 radical (unpaired) electrons. The second-order valence-electron chi connectivity index (χ2n) is 3.20. The predicted octanol–water partition coefficient (Wildman–Crippen LogP) is 1.14. The van der Waals surface area contributed by atoms with Crippen LogP contribution < -0.4 is 5.73 Å². The number of allylic oxidation sites excluding steroid dienone is 3. The van der Waals surface area contributed by atoms with E-state index in [1.807, 2.05) is 18.2 Å². The fraction of sp³-hybridized carbons (Fsp3) is 0.400. The van der Waals surface area contributed by atoms with Gasteiger partial charge in [0.1, 0.15) is 0 Å². The summed E-state index contributed by atoms with van der Waals surface area (Å²) < 4.78 is 0. The summed E-state index contributed by atoms with van der Waals surface area (Å²) in [6.45, 7) is 2.39. The van der Waals surface area contributed by atoms with Gasteiger partial charge in [0.25, 0.3) is 0 Å². The lowest BCUT2D eigenvalue weighted by Gasteiger charge is -2.11. The van der Waals surface area contributed by atoms with Crippen molar-refractivity contribution >= 4 is 0 Å². The zero-order valence-corrected chi connectivity index (χ0v) is 7.33. The molecule has 1 rings (SSSR count). The third kappa shape index (κ3) is 2.64. The van der Waals surface area contributed by atoms with Crippen molar-refractivity contribution in [1.82, 2.24) is 0 Å². The van der Waals surface area contributed by atoms with E-state index in [2.05, 4.69) is 0 Å². The molecule has 0 aromatic carbocycles. The Morgan fingerprint density at radius 2 is 2.25 bits per heavy atom. The molecule has 0 aliphatic heterocycles. The molecule has 1 unspecified atom stereocenters. The van der Waals surface area contributed by atoms with Gasteiger partial charge in [-0.3, -0.25) is 0 Å². The minimum atomic E-state index is -0.813. The van der Waals surface area contributed by atoms with Crippen LogP contribution in [0.3, 0.4) is 0 Å². The van der Waals surface area contributed by atoms with E-state index in [0.29, 0.717) is 6.54 Å². The van der Waals surface area contributed by atoms with E-state index in [1.54, 1.807) is 19.1 Å². The summed E-state index contributed by atoms with van der Waals surface area (Å²) in [6.07, 6.45) is 10.2. The Kier molecular flexibility index (Phi) is 2.84. The molecule has 0 bridgehead atoms. The highest BCUT2D eigenvalue weighted by molar-refractivity contribution is 5.32. The number of nitrogens with two attached hydrogens (primary N) is 1. The number of hydrogen-bond donors (Lipinski definition) is 2. The van der Waals surface area contributed by atoms with Gasteiger partial charge in [0.15, 0.2) is 0 Å². The smallest absolute Gasteiger partial charge is 0.0986 e. The first-order chi connectivity index (χ1) is 5.64.